The Morgan fingerprint density at radius 3 is 3.00 bits per heavy atom. The van der Waals surface area contributed by atoms with Crippen molar-refractivity contribution in [2.75, 3.05) is 6.54 Å². The van der Waals surface area contributed by atoms with Crippen molar-refractivity contribution in [3.63, 3.8) is 0 Å². The van der Waals surface area contributed by atoms with Gasteiger partial charge in [-0.05, 0) is 46.1 Å². The number of halogens is 1. The Labute approximate surface area is 102 Å². The van der Waals surface area contributed by atoms with E-state index in [-0.39, 0.29) is 5.91 Å². The molecule has 4 heteroatoms. The van der Waals surface area contributed by atoms with Crippen LogP contribution in [-0.2, 0) is 0 Å². The Morgan fingerprint density at radius 2 is 2.40 bits per heavy atom. The summed E-state index contributed by atoms with van der Waals surface area (Å²) in [5, 5.41) is 4.87. The smallest absolute Gasteiger partial charge is 0.262 e. The number of hydrogen-bond acceptors (Lipinski definition) is 2. The van der Waals surface area contributed by atoms with Crippen molar-refractivity contribution in [2.24, 2.45) is 5.92 Å². The zero-order chi connectivity index (χ0) is 10.7. The van der Waals surface area contributed by atoms with Crippen LogP contribution in [0, 0.1) is 5.92 Å². The Kier molecular flexibility index (Phi) is 3.81. The summed E-state index contributed by atoms with van der Waals surface area (Å²) in [6.07, 6.45) is 5.17. The van der Waals surface area contributed by atoms with E-state index in [1.165, 1.54) is 30.6 Å². The molecule has 1 N–H and O–H groups in total. The van der Waals surface area contributed by atoms with E-state index in [1.807, 2.05) is 11.4 Å². The zero-order valence-electron chi connectivity index (χ0n) is 8.46. The van der Waals surface area contributed by atoms with Gasteiger partial charge in [0.2, 0.25) is 0 Å². The predicted molar refractivity (Wildman–Crippen MR) is 66.3 cm³/mol. The van der Waals surface area contributed by atoms with E-state index in [0.717, 1.165) is 28.2 Å². The monoisotopic (exact) mass is 287 g/mol. The van der Waals surface area contributed by atoms with E-state index in [1.54, 1.807) is 0 Å². The molecule has 0 spiro atoms. The molecule has 1 aliphatic rings. The maximum atomic E-state index is 11.7. The molecule has 1 aromatic rings. The molecule has 0 aliphatic heterocycles. The average molecular weight is 288 g/mol. The molecule has 1 fully saturated rings. The number of thiophene rings is 1. The lowest BCUT2D eigenvalue weighted by molar-refractivity contribution is 0.0956. The molecule has 1 aliphatic carbocycles. The van der Waals surface area contributed by atoms with Crippen molar-refractivity contribution in [1.29, 1.82) is 0 Å². The van der Waals surface area contributed by atoms with Crippen LogP contribution in [0.3, 0.4) is 0 Å². The number of carbonyl (C=O) groups excluding carboxylic acids is 1. The molecular weight excluding hydrogens is 274 g/mol. The van der Waals surface area contributed by atoms with Crippen LogP contribution in [0.15, 0.2) is 15.9 Å². The van der Waals surface area contributed by atoms with Crippen molar-refractivity contribution >= 4 is 33.2 Å². The molecule has 1 heterocycles. The van der Waals surface area contributed by atoms with E-state index < -0.39 is 0 Å². The van der Waals surface area contributed by atoms with Gasteiger partial charge < -0.3 is 5.32 Å². The van der Waals surface area contributed by atoms with E-state index in [4.69, 9.17) is 0 Å². The Morgan fingerprint density at radius 1 is 1.60 bits per heavy atom. The number of amides is 1. The Hall–Kier alpha value is -0.350. The molecule has 0 atom stereocenters. The third-order valence-corrected chi connectivity index (χ3v) is 4.43. The molecule has 2 rings (SSSR count). The average Bonchev–Trinajstić information content (AvgIpc) is 2.94. The number of carbonyl (C=O) groups is 1. The maximum Gasteiger partial charge on any atom is 0.262 e. The van der Waals surface area contributed by atoms with Gasteiger partial charge in [-0.1, -0.05) is 12.8 Å². The lowest BCUT2D eigenvalue weighted by Crippen LogP contribution is -2.23. The molecule has 1 amide bonds. The number of nitrogens with one attached hydrogen (secondary N) is 1. The summed E-state index contributed by atoms with van der Waals surface area (Å²) < 4.78 is 0.896. The molecule has 0 unspecified atom stereocenters. The van der Waals surface area contributed by atoms with Gasteiger partial charge in [0.25, 0.3) is 5.91 Å². The zero-order valence-corrected chi connectivity index (χ0v) is 10.9. The second kappa shape index (κ2) is 5.12. The van der Waals surface area contributed by atoms with E-state index in [9.17, 15) is 4.79 Å². The minimum absolute atomic E-state index is 0.0488. The molecule has 0 aromatic carbocycles. The first kappa shape index (κ1) is 11.1. The van der Waals surface area contributed by atoms with Gasteiger partial charge in [-0.2, -0.15) is 0 Å². The van der Waals surface area contributed by atoms with E-state index in [2.05, 4.69) is 21.2 Å². The Balaban J connectivity index is 1.69. The second-order valence-corrected chi connectivity index (χ2v) is 5.71. The highest BCUT2D eigenvalue weighted by molar-refractivity contribution is 9.10. The SMILES string of the molecule is O=C(NCCCC1CC1)c1sccc1Br. The minimum Gasteiger partial charge on any atom is -0.351 e. The Bertz CT molecular complexity index is 346. The predicted octanol–water partition coefficient (Wildman–Crippen LogP) is 3.43. The summed E-state index contributed by atoms with van der Waals surface area (Å²) in [4.78, 5) is 12.4. The third-order valence-electron chi connectivity index (χ3n) is 2.60. The summed E-state index contributed by atoms with van der Waals surface area (Å²) >= 11 is 4.83. The third kappa shape index (κ3) is 3.31. The van der Waals surface area contributed by atoms with Gasteiger partial charge in [-0.25, -0.2) is 0 Å². The van der Waals surface area contributed by atoms with Gasteiger partial charge in [0.1, 0.15) is 4.88 Å². The molecule has 0 radical (unpaired) electrons. The van der Waals surface area contributed by atoms with Crippen LogP contribution in [0.25, 0.3) is 0 Å². The highest BCUT2D eigenvalue weighted by Gasteiger charge is 2.20. The summed E-state index contributed by atoms with van der Waals surface area (Å²) in [5.74, 6) is 1.00. The van der Waals surface area contributed by atoms with Gasteiger partial charge in [0, 0.05) is 11.0 Å². The standard InChI is InChI=1S/C11H14BrNOS/c12-9-5-7-15-10(9)11(14)13-6-1-2-8-3-4-8/h5,7-8H,1-4,6H2,(H,13,14). The fourth-order valence-electron chi connectivity index (χ4n) is 1.54. The van der Waals surface area contributed by atoms with Crippen LogP contribution >= 0.6 is 27.3 Å². The van der Waals surface area contributed by atoms with Crippen LogP contribution in [0.4, 0.5) is 0 Å². The van der Waals surface area contributed by atoms with Crippen molar-refractivity contribution in [3.8, 4) is 0 Å². The van der Waals surface area contributed by atoms with E-state index >= 15 is 0 Å². The quantitative estimate of drug-likeness (QED) is 0.826. The van der Waals surface area contributed by atoms with Crippen LogP contribution in [0.1, 0.15) is 35.4 Å². The highest BCUT2D eigenvalue weighted by atomic mass is 79.9. The molecule has 2 nitrogen and oxygen atoms in total. The van der Waals surface area contributed by atoms with Crippen LogP contribution in [0.2, 0.25) is 0 Å². The minimum atomic E-state index is 0.0488. The van der Waals surface area contributed by atoms with Gasteiger partial charge in [0.15, 0.2) is 0 Å². The van der Waals surface area contributed by atoms with Crippen LogP contribution in [0.5, 0.6) is 0 Å². The maximum absolute atomic E-state index is 11.7. The van der Waals surface area contributed by atoms with E-state index in [0.29, 0.717) is 0 Å². The van der Waals surface area contributed by atoms with Crippen molar-refractivity contribution in [3.05, 3.63) is 20.8 Å². The molecule has 0 bridgehead atoms. The van der Waals surface area contributed by atoms with Crippen molar-refractivity contribution in [1.82, 2.24) is 5.32 Å². The lowest BCUT2D eigenvalue weighted by atomic mass is 10.2. The van der Waals surface area contributed by atoms with Crippen LogP contribution < -0.4 is 5.32 Å². The van der Waals surface area contributed by atoms with Crippen molar-refractivity contribution < 1.29 is 4.79 Å². The molecule has 1 saturated carbocycles. The summed E-state index contributed by atoms with van der Waals surface area (Å²) in [5.41, 5.74) is 0. The van der Waals surface area contributed by atoms with Gasteiger partial charge in [0.05, 0.1) is 0 Å². The number of rotatable bonds is 5. The highest BCUT2D eigenvalue weighted by Crippen LogP contribution is 2.33. The van der Waals surface area contributed by atoms with Gasteiger partial charge in [-0.3, -0.25) is 4.79 Å². The first-order valence-corrected chi connectivity index (χ1v) is 6.96. The summed E-state index contributed by atoms with van der Waals surface area (Å²) in [6, 6.07) is 1.91. The molecule has 15 heavy (non-hydrogen) atoms. The lowest BCUT2D eigenvalue weighted by Gasteiger charge is -2.03. The molecule has 0 saturated heterocycles. The topological polar surface area (TPSA) is 29.1 Å². The number of hydrogen-bond donors (Lipinski definition) is 1. The summed E-state index contributed by atoms with van der Waals surface area (Å²) in [7, 11) is 0. The first-order chi connectivity index (χ1) is 7.27. The van der Waals surface area contributed by atoms with Gasteiger partial charge >= 0.3 is 0 Å². The largest absolute Gasteiger partial charge is 0.351 e. The fourth-order valence-corrected chi connectivity index (χ4v) is 3.00. The first-order valence-electron chi connectivity index (χ1n) is 5.28. The second-order valence-electron chi connectivity index (χ2n) is 3.94. The fraction of sp³-hybridized carbons (Fsp3) is 0.545. The summed E-state index contributed by atoms with van der Waals surface area (Å²) in [6.45, 7) is 0.805. The van der Waals surface area contributed by atoms with Crippen molar-refractivity contribution in [2.45, 2.75) is 25.7 Å². The molecular formula is C11H14BrNOS. The van der Waals surface area contributed by atoms with Crippen LogP contribution in [-0.4, -0.2) is 12.5 Å². The molecule has 1 aromatic heterocycles. The normalized spacial score (nSPS) is 15.3. The van der Waals surface area contributed by atoms with Gasteiger partial charge in [-0.15, -0.1) is 11.3 Å². The molecule has 82 valence electrons.